The molecule has 156 valence electrons. The maximum Gasteiger partial charge on any atom is 0.166 e. The van der Waals surface area contributed by atoms with E-state index in [2.05, 4.69) is 38.3 Å². The zero-order valence-electron chi connectivity index (χ0n) is 17.0. The van der Waals surface area contributed by atoms with Crippen LogP contribution in [0.1, 0.15) is 24.3 Å². The van der Waals surface area contributed by atoms with Crippen LogP contribution in [0.3, 0.4) is 0 Å². The number of rotatable bonds is 1. The second-order valence-corrected chi connectivity index (χ2v) is 7.57. The molecule has 1 aliphatic heterocycles. The van der Waals surface area contributed by atoms with Crippen LogP contribution >= 0.6 is 0 Å². The van der Waals surface area contributed by atoms with E-state index in [0.717, 1.165) is 28.0 Å². The van der Waals surface area contributed by atoms with Gasteiger partial charge in [-0.2, -0.15) is 14.7 Å². The van der Waals surface area contributed by atoms with Gasteiger partial charge in [-0.1, -0.05) is 0 Å². The van der Waals surface area contributed by atoms with Crippen molar-refractivity contribution in [1.29, 1.82) is 0 Å². The van der Waals surface area contributed by atoms with Crippen molar-refractivity contribution in [1.82, 2.24) is 29.7 Å². The summed E-state index contributed by atoms with van der Waals surface area (Å²) in [5, 5.41) is 30.2. The third kappa shape index (κ3) is 3.15. The highest BCUT2D eigenvalue weighted by molar-refractivity contribution is 5.93. The SMILES string of the molecule is CNc1cc2nc3c(cnn13)C(O)N[C@H](C)COCc1cc(c3cnn(C)c3c1)N2. The minimum atomic E-state index is -0.917. The molecular weight excluding hydrogens is 384 g/mol. The third-order valence-corrected chi connectivity index (χ3v) is 5.32. The number of aryl methyl sites for hydroxylation is 1. The fourth-order valence-electron chi connectivity index (χ4n) is 3.81. The Labute approximate surface area is 172 Å². The number of hydrogen-bond acceptors (Lipinski definition) is 8. The Balaban J connectivity index is 1.71. The lowest BCUT2D eigenvalue weighted by molar-refractivity contribution is 0.0676. The first-order valence-corrected chi connectivity index (χ1v) is 9.83. The number of hydrogen-bond donors (Lipinski definition) is 4. The van der Waals surface area contributed by atoms with Gasteiger partial charge >= 0.3 is 0 Å². The molecule has 2 atom stereocenters. The Hall–Kier alpha value is -3.21. The number of benzene rings is 1. The van der Waals surface area contributed by atoms with Crippen molar-refractivity contribution >= 4 is 33.9 Å². The van der Waals surface area contributed by atoms with Gasteiger partial charge in [0.05, 0.1) is 42.4 Å². The molecule has 0 aliphatic carbocycles. The van der Waals surface area contributed by atoms with Gasteiger partial charge in [-0.15, -0.1) is 0 Å². The summed E-state index contributed by atoms with van der Waals surface area (Å²) in [5.74, 6) is 1.39. The summed E-state index contributed by atoms with van der Waals surface area (Å²) in [7, 11) is 3.75. The standard InChI is InChI=1S/C20H24N8O2/c1-11-9-30-10-12-4-15(13-7-22-27(3)16(13)5-12)25-17-6-18(21-2)28-19(26-17)14(8-23-28)20(29)24-11/h4-8,11,20-21,24,29H,9-10H2,1-3H3,(H,25,26)/t11-,20?/m1/s1. The number of nitrogens with zero attached hydrogens (tertiary/aromatic N) is 5. The monoisotopic (exact) mass is 408 g/mol. The van der Waals surface area contributed by atoms with Gasteiger partial charge in [0.2, 0.25) is 0 Å². The summed E-state index contributed by atoms with van der Waals surface area (Å²) >= 11 is 0. The van der Waals surface area contributed by atoms with Crippen LogP contribution in [0.4, 0.5) is 17.3 Å². The average Bonchev–Trinajstić information content (AvgIpc) is 3.31. The second kappa shape index (κ2) is 7.24. The topological polar surface area (TPSA) is 114 Å². The van der Waals surface area contributed by atoms with Crippen molar-refractivity contribution in [3.63, 3.8) is 0 Å². The van der Waals surface area contributed by atoms with E-state index in [-0.39, 0.29) is 6.04 Å². The lowest BCUT2D eigenvalue weighted by Crippen LogP contribution is -2.34. The number of nitrogens with one attached hydrogen (secondary N) is 3. The Morgan fingerprint density at radius 1 is 1.23 bits per heavy atom. The van der Waals surface area contributed by atoms with Gasteiger partial charge in [-0.3, -0.25) is 10.00 Å². The van der Waals surface area contributed by atoms with Crippen molar-refractivity contribution < 1.29 is 9.84 Å². The highest BCUT2D eigenvalue weighted by Gasteiger charge is 2.20. The summed E-state index contributed by atoms with van der Waals surface area (Å²) in [6.45, 7) is 2.87. The lowest BCUT2D eigenvalue weighted by Gasteiger charge is -2.20. The smallest absolute Gasteiger partial charge is 0.166 e. The number of anilines is 3. The fourth-order valence-corrected chi connectivity index (χ4v) is 3.81. The van der Waals surface area contributed by atoms with Gasteiger partial charge in [0, 0.05) is 31.6 Å². The van der Waals surface area contributed by atoms with Crippen LogP contribution in [-0.4, -0.2) is 49.2 Å². The van der Waals surface area contributed by atoms with E-state index in [1.165, 1.54) is 0 Å². The third-order valence-electron chi connectivity index (χ3n) is 5.32. The average molecular weight is 408 g/mol. The van der Waals surface area contributed by atoms with E-state index in [1.807, 2.05) is 38.0 Å². The molecule has 4 aromatic rings. The van der Waals surface area contributed by atoms with Gasteiger partial charge in [-0.25, -0.2) is 4.98 Å². The van der Waals surface area contributed by atoms with Crippen LogP contribution in [-0.2, 0) is 18.4 Å². The molecule has 1 aromatic carbocycles. The molecule has 0 amide bonds. The minimum absolute atomic E-state index is 0.0668. The van der Waals surface area contributed by atoms with Crippen LogP contribution in [0.15, 0.2) is 30.6 Å². The molecule has 0 saturated carbocycles. The molecule has 0 radical (unpaired) electrons. The molecule has 4 heterocycles. The summed E-state index contributed by atoms with van der Waals surface area (Å²) in [4.78, 5) is 4.75. The lowest BCUT2D eigenvalue weighted by atomic mass is 10.1. The first kappa shape index (κ1) is 18.8. The highest BCUT2D eigenvalue weighted by atomic mass is 16.5. The molecule has 10 heteroatoms. The molecule has 5 rings (SSSR count). The quantitative estimate of drug-likeness (QED) is 0.378. The molecule has 0 saturated heterocycles. The van der Waals surface area contributed by atoms with Crippen molar-refractivity contribution in [2.75, 3.05) is 24.3 Å². The van der Waals surface area contributed by atoms with Crippen molar-refractivity contribution in [2.45, 2.75) is 25.8 Å². The van der Waals surface area contributed by atoms with Gasteiger partial charge in [0.25, 0.3) is 0 Å². The molecule has 0 fully saturated rings. The van der Waals surface area contributed by atoms with Gasteiger partial charge < -0.3 is 20.5 Å². The number of ether oxygens (including phenoxy) is 1. The summed E-state index contributed by atoms with van der Waals surface area (Å²) in [6, 6.07) is 5.95. The van der Waals surface area contributed by atoms with Crippen molar-refractivity contribution in [3.8, 4) is 0 Å². The molecule has 3 aromatic heterocycles. The van der Waals surface area contributed by atoms with E-state index < -0.39 is 6.23 Å². The molecular formula is C20H24N8O2. The molecule has 10 nitrogen and oxygen atoms in total. The van der Waals surface area contributed by atoms with Gasteiger partial charge in [-0.05, 0) is 24.6 Å². The number of aliphatic hydroxyl groups excluding tert-OH is 1. The predicted octanol–water partition coefficient (Wildman–Crippen LogP) is 1.90. The Kier molecular flexibility index (Phi) is 4.54. The van der Waals surface area contributed by atoms with Crippen molar-refractivity contribution in [3.05, 3.63) is 41.7 Å². The molecule has 1 unspecified atom stereocenters. The van der Waals surface area contributed by atoms with Gasteiger partial charge in [0.1, 0.15) is 17.9 Å². The Morgan fingerprint density at radius 3 is 2.93 bits per heavy atom. The number of aromatic nitrogens is 5. The molecule has 1 aliphatic rings. The summed E-state index contributed by atoms with van der Waals surface area (Å²) in [5.41, 5.74) is 4.08. The van der Waals surface area contributed by atoms with E-state index in [4.69, 9.17) is 9.72 Å². The van der Waals surface area contributed by atoms with Crippen molar-refractivity contribution in [2.24, 2.45) is 7.05 Å². The number of fused-ring (bicyclic) bond motifs is 5. The second-order valence-electron chi connectivity index (χ2n) is 7.57. The summed E-state index contributed by atoms with van der Waals surface area (Å²) in [6.07, 6.45) is 2.55. The van der Waals surface area contributed by atoms with Gasteiger partial charge in [0.15, 0.2) is 5.65 Å². The van der Waals surface area contributed by atoms with E-state index in [9.17, 15) is 5.11 Å². The molecule has 4 N–H and O–H groups in total. The van der Waals surface area contributed by atoms with Crippen LogP contribution in [0.25, 0.3) is 16.6 Å². The number of aliphatic hydroxyl groups is 1. The van der Waals surface area contributed by atoms with Crippen LogP contribution in [0.2, 0.25) is 0 Å². The first-order chi connectivity index (χ1) is 14.5. The molecule has 0 spiro atoms. The minimum Gasteiger partial charge on any atom is -0.375 e. The van der Waals surface area contributed by atoms with E-state index in [1.54, 1.807) is 10.7 Å². The highest BCUT2D eigenvalue weighted by Crippen LogP contribution is 2.30. The zero-order valence-corrected chi connectivity index (χ0v) is 17.0. The maximum absolute atomic E-state index is 10.7. The Bertz CT molecular complexity index is 1230. The molecule has 4 bridgehead atoms. The van der Waals surface area contributed by atoms with E-state index in [0.29, 0.717) is 30.2 Å². The normalized spacial score (nSPS) is 19.7. The zero-order chi connectivity index (χ0) is 20.8. The van der Waals surface area contributed by atoms with E-state index >= 15 is 0 Å². The molecule has 30 heavy (non-hydrogen) atoms. The van der Waals surface area contributed by atoms with Crippen LogP contribution in [0, 0.1) is 0 Å². The van der Waals surface area contributed by atoms with Crippen LogP contribution < -0.4 is 16.0 Å². The largest absolute Gasteiger partial charge is 0.375 e. The summed E-state index contributed by atoms with van der Waals surface area (Å²) < 4.78 is 9.43. The first-order valence-electron chi connectivity index (χ1n) is 9.83. The fraction of sp³-hybridized carbons (Fsp3) is 0.350. The Morgan fingerprint density at radius 2 is 2.10 bits per heavy atom. The predicted molar refractivity (Wildman–Crippen MR) is 114 cm³/mol. The maximum atomic E-state index is 10.7. The van der Waals surface area contributed by atoms with Crippen LogP contribution in [0.5, 0.6) is 0 Å².